The minimum Gasteiger partial charge on any atom is -0.497 e. The van der Waals surface area contributed by atoms with E-state index >= 15 is 0 Å². The van der Waals surface area contributed by atoms with Gasteiger partial charge in [-0.25, -0.2) is 0 Å². The normalized spacial score (nSPS) is 18.9. The maximum atomic E-state index is 6.35. The molecule has 2 rings (SSSR count). The molecule has 1 aromatic carbocycles. The molecule has 1 aliphatic rings. The van der Waals surface area contributed by atoms with Crippen LogP contribution in [0.2, 0.25) is 0 Å². The lowest BCUT2D eigenvalue weighted by Crippen LogP contribution is -2.26. The maximum Gasteiger partial charge on any atom is 0.118 e. The molecule has 1 aromatic rings. The first-order valence-electron chi connectivity index (χ1n) is 7.75. The van der Waals surface area contributed by atoms with Crippen molar-refractivity contribution in [2.45, 2.75) is 50.3 Å². The fourth-order valence-electron chi connectivity index (χ4n) is 2.89. The molecule has 2 N–H and O–H groups in total. The molecule has 1 aliphatic carbocycles. The van der Waals surface area contributed by atoms with Crippen LogP contribution in [0.5, 0.6) is 5.75 Å². The van der Waals surface area contributed by atoms with Crippen LogP contribution in [0.3, 0.4) is 0 Å². The van der Waals surface area contributed by atoms with Gasteiger partial charge in [-0.2, -0.15) is 11.8 Å². The van der Waals surface area contributed by atoms with Gasteiger partial charge in [-0.1, -0.05) is 31.9 Å². The molecule has 0 heterocycles. The molecular formula is C17H27NOS. The van der Waals surface area contributed by atoms with Gasteiger partial charge in [0.25, 0.3) is 0 Å². The van der Waals surface area contributed by atoms with Gasteiger partial charge in [-0.3, -0.25) is 0 Å². The van der Waals surface area contributed by atoms with Crippen LogP contribution in [0, 0.1) is 5.92 Å². The fraction of sp³-hybridized carbons (Fsp3) is 0.647. The van der Waals surface area contributed by atoms with Gasteiger partial charge in [0.05, 0.1) is 7.11 Å². The van der Waals surface area contributed by atoms with Gasteiger partial charge in [0.1, 0.15) is 5.75 Å². The van der Waals surface area contributed by atoms with Crippen molar-refractivity contribution in [3.63, 3.8) is 0 Å². The van der Waals surface area contributed by atoms with E-state index in [2.05, 4.69) is 30.8 Å². The molecule has 0 amide bonds. The van der Waals surface area contributed by atoms with E-state index in [1.54, 1.807) is 7.11 Å². The number of benzene rings is 1. The Bertz CT molecular complexity index is 386. The summed E-state index contributed by atoms with van der Waals surface area (Å²) in [4.78, 5) is 0. The molecular weight excluding hydrogens is 266 g/mol. The van der Waals surface area contributed by atoms with E-state index < -0.39 is 0 Å². The van der Waals surface area contributed by atoms with Crippen molar-refractivity contribution in [2.24, 2.45) is 11.7 Å². The summed E-state index contributed by atoms with van der Waals surface area (Å²) in [5.74, 6) is 3.08. The summed E-state index contributed by atoms with van der Waals surface area (Å²) in [6.07, 6.45) is 6.66. The zero-order valence-corrected chi connectivity index (χ0v) is 13.5. The van der Waals surface area contributed by atoms with Gasteiger partial charge in [0.15, 0.2) is 0 Å². The van der Waals surface area contributed by atoms with E-state index in [1.165, 1.54) is 37.0 Å². The molecule has 0 bridgehead atoms. The topological polar surface area (TPSA) is 35.2 Å². The Kier molecular flexibility index (Phi) is 6.24. The predicted octanol–water partition coefficient (Wildman–Crippen LogP) is 4.40. The zero-order valence-electron chi connectivity index (χ0n) is 12.7. The number of thioether (sulfide) groups is 1. The van der Waals surface area contributed by atoms with Crippen LogP contribution >= 0.6 is 11.8 Å². The number of rotatable bonds is 7. The van der Waals surface area contributed by atoms with Gasteiger partial charge >= 0.3 is 0 Å². The molecule has 0 spiro atoms. The van der Waals surface area contributed by atoms with Crippen LogP contribution in [0.1, 0.15) is 49.8 Å². The van der Waals surface area contributed by atoms with E-state index in [-0.39, 0.29) is 6.04 Å². The van der Waals surface area contributed by atoms with Gasteiger partial charge in [0, 0.05) is 11.3 Å². The highest BCUT2D eigenvalue weighted by molar-refractivity contribution is 7.99. The van der Waals surface area contributed by atoms with Gasteiger partial charge < -0.3 is 10.5 Å². The second-order valence-corrected chi connectivity index (χ2v) is 6.92. The first kappa shape index (κ1) is 15.7. The third kappa shape index (κ3) is 4.16. The monoisotopic (exact) mass is 293 g/mol. The van der Waals surface area contributed by atoms with Crippen molar-refractivity contribution in [2.75, 3.05) is 12.9 Å². The summed E-state index contributed by atoms with van der Waals surface area (Å²) in [6, 6.07) is 8.65. The highest BCUT2D eigenvalue weighted by atomic mass is 32.2. The Labute approximate surface area is 127 Å². The van der Waals surface area contributed by atoms with Crippen LogP contribution in [-0.2, 0) is 0 Å². The maximum absolute atomic E-state index is 6.35. The summed E-state index contributed by atoms with van der Waals surface area (Å²) in [5, 5.41) is 0.409. The van der Waals surface area contributed by atoms with Gasteiger partial charge in [0.2, 0.25) is 0 Å². The molecule has 0 aliphatic heterocycles. The van der Waals surface area contributed by atoms with Crippen molar-refractivity contribution in [1.82, 2.24) is 0 Å². The Morgan fingerprint density at radius 1 is 1.25 bits per heavy atom. The molecule has 0 saturated heterocycles. The molecule has 2 unspecified atom stereocenters. The summed E-state index contributed by atoms with van der Waals surface area (Å²) in [7, 11) is 1.71. The summed E-state index contributed by atoms with van der Waals surface area (Å²) in [6.45, 7) is 2.18. The molecule has 0 aromatic heterocycles. The third-order valence-corrected chi connectivity index (χ3v) is 5.94. The SMILES string of the molecule is CCC(N)C(SCC1CCCC1)c1ccc(OC)cc1. The number of hydrogen-bond donors (Lipinski definition) is 1. The number of methoxy groups -OCH3 is 1. The number of nitrogens with two attached hydrogens (primary N) is 1. The lowest BCUT2D eigenvalue weighted by atomic mass is 10.0. The van der Waals surface area contributed by atoms with Crippen molar-refractivity contribution >= 4 is 11.8 Å². The molecule has 1 saturated carbocycles. The minimum absolute atomic E-state index is 0.231. The molecule has 3 heteroatoms. The van der Waals surface area contributed by atoms with Gasteiger partial charge in [-0.05, 0) is 48.6 Å². The van der Waals surface area contributed by atoms with E-state index in [1.807, 2.05) is 12.1 Å². The minimum atomic E-state index is 0.231. The third-order valence-electron chi connectivity index (χ3n) is 4.29. The fourth-order valence-corrected chi connectivity index (χ4v) is 4.49. The summed E-state index contributed by atoms with van der Waals surface area (Å²) in [5.41, 5.74) is 7.69. The number of ether oxygens (including phenoxy) is 1. The second kappa shape index (κ2) is 7.94. The van der Waals surface area contributed by atoms with Gasteiger partial charge in [-0.15, -0.1) is 0 Å². The molecule has 2 nitrogen and oxygen atoms in total. The number of hydrogen-bond acceptors (Lipinski definition) is 3. The van der Waals surface area contributed by atoms with Crippen LogP contribution in [0.4, 0.5) is 0 Å². The molecule has 1 fully saturated rings. The van der Waals surface area contributed by atoms with E-state index in [0.29, 0.717) is 5.25 Å². The summed E-state index contributed by atoms with van der Waals surface area (Å²) < 4.78 is 5.24. The van der Waals surface area contributed by atoms with Crippen LogP contribution in [0.25, 0.3) is 0 Å². The first-order valence-corrected chi connectivity index (χ1v) is 8.80. The highest BCUT2D eigenvalue weighted by Crippen LogP contribution is 2.37. The standard InChI is InChI=1S/C17H27NOS/c1-3-16(18)17(20-12-13-6-4-5-7-13)14-8-10-15(19-2)11-9-14/h8-11,13,16-17H,3-7,12,18H2,1-2H3. The van der Waals surface area contributed by atoms with Crippen molar-refractivity contribution in [3.05, 3.63) is 29.8 Å². The van der Waals surface area contributed by atoms with Crippen molar-refractivity contribution in [1.29, 1.82) is 0 Å². The Balaban J connectivity index is 2.01. The quantitative estimate of drug-likeness (QED) is 0.809. The van der Waals surface area contributed by atoms with Crippen LogP contribution < -0.4 is 10.5 Å². The predicted molar refractivity (Wildman–Crippen MR) is 88.4 cm³/mol. The lowest BCUT2D eigenvalue weighted by Gasteiger charge is -2.24. The van der Waals surface area contributed by atoms with Crippen molar-refractivity contribution < 1.29 is 4.74 Å². The lowest BCUT2D eigenvalue weighted by molar-refractivity contribution is 0.414. The molecule has 112 valence electrons. The molecule has 20 heavy (non-hydrogen) atoms. The van der Waals surface area contributed by atoms with Crippen molar-refractivity contribution in [3.8, 4) is 5.75 Å². The first-order chi connectivity index (χ1) is 9.74. The molecule has 2 atom stereocenters. The van der Waals surface area contributed by atoms with Crippen LogP contribution in [0.15, 0.2) is 24.3 Å². The Hall–Kier alpha value is -0.670. The van der Waals surface area contributed by atoms with E-state index in [0.717, 1.165) is 18.1 Å². The Morgan fingerprint density at radius 3 is 2.45 bits per heavy atom. The largest absolute Gasteiger partial charge is 0.497 e. The average molecular weight is 293 g/mol. The Morgan fingerprint density at radius 2 is 1.90 bits per heavy atom. The second-order valence-electron chi connectivity index (χ2n) is 5.75. The smallest absolute Gasteiger partial charge is 0.118 e. The highest BCUT2D eigenvalue weighted by Gasteiger charge is 2.22. The summed E-state index contributed by atoms with van der Waals surface area (Å²) >= 11 is 2.05. The molecule has 0 radical (unpaired) electrons. The van der Waals surface area contributed by atoms with Crippen LogP contribution in [-0.4, -0.2) is 18.9 Å². The zero-order chi connectivity index (χ0) is 14.4. The van der Waals surface area contributed by atoms with E-state index in [4.69, 9.17) is 10.5 Å². The average Bonchev–Trinajstić information content (AvgIpc) is 3.01. The van der Waals surface area contributed by atoms with E-state index in [9.17, 15) is 0 Å².